The van der Waals surface area contributed by atoms with Crippen LogP contribution in [0.2, 0.25) is 5.02 Å². The molecule has 0 aliphatic heterocycles. The monoisotopic (exact) mass is 291 g/mol. The van der Waals surface area contributed by atoms with E-state index in [1.807, 2.05) is 0 Å². The van der Waals surface area contributed by atoms with Gasteiger partial charge in [-0.05, 0) is 17.7 Å². The number of nitrogens with zero attached hydrogens (tertiary/aromatic N) is 3. The smallest absolute Gasteiger partial charge is 0.259 e. The number of hydrogen-bond acceptors (Lipinski definition) is 3. The van der Waals surface area contributed by atoms with Crippen molar-refractivity contribution < 1.29 is 13.6 Å². The summed E-state index contributed by atoms with van der Waals surface area (Å²) in [6.07, 6.45) is 1.17. The average Bonchev–Trinajstić information content (AvgIpc) is 2.74. The van der Waals surface area contributed by atoms with Crippen LogP contribution in [0.25, 0.3) is 5.65 Å². The van der Waals surface area contributed by atoms with E-state index in [0.29, 0.717) is 0 Å². The molecule has 1 unspecified atom stereocenters. The molecule has 0 amide bonds. The molecule has 2 aromatic rings. The van der Waals surface area contributed by atoms with Gasteiger partial charge in [0.05, 0.1) is 16.5 Å². The fraction of sp³-hybridized carbons (Fsp3) is 0.300. The lowest BCUT2D eigenvalue weighted by Crippen LogP contribution is -2.00. The topological polar surface area (TPSA) is 47.3 Å². The number of halogens is 4. The van der Waals surface area contributed by atoms with Crippen LogP contribution in [0, 0.1) is 0 Å². The van der Waals surface area contributed by atoms with Gasteiger partial charge in [-0.3, -0.25) is 9.20 Å². The van der Waals surface area contributed by atoms with Crippen LogP contribution in [0.5, 0.6) is 0 Å². The molecule has 3 rings (SSSR count). The van der Waals surface area contributed by atoms with Gasteiger partial charge in [-0.2, -0.15) is 0 Å². The molecule has 0 radical (unpaired) electrons. The molecule has 0 aromatic carbocycles. The van der Waals surface area contributed by atoms with E-state index in [-0.39, 0.29) is 28.5 Å². The largest absolute Gasteiger partial charge is 0.285 e. The summed E-state index contributed by atoms with van der Waals surface area (Å²) in [4.78, 5) is 11.1. The predicted octanol–water partition coefficient (Wildman–Crippen LogP) is 2.88. The van der Waals surface area contributed by atoms with E-state index in [4.69, 9.17) is 23.2 Å². The van der Waals surface area contributed by atoms with E-state index in [1.165, 1.54) is 16.7 Å². The number of pyridine rings is 1. The molecular formula is C10H5Cl2F2N3O. The summed E-state index contributed by atoms with van der Waals surface area (Å²) in [5.41, 5.74) is 0.230. The zero-order valence-electron chi connectivity index (χ0n) is 8.70. The molecule has 0 spiro atoms. The Bertz CT molecular complexity index is 670. The summed E-state index contributed by atoms with van der Waals surface area (Å²) in [5.74, 6) is -3.54. The second kappa shape index (κ2) is 3.61. The summed E-state index contributed by atoms with van der Waals surface area (Å²) < 4.78 is 27.4. The van der Waals surface area contributed by atoms with Gasteiger partial charge in [0.15, 0.2) is 5.65 Å². The Kier molecular flexibility index (Phi) is 2.37. The van der Waals surface area contributed by atoms with Gasteiger partial charge in [0.1, 0.15) is 5.82 Å². The molecule has 0 saturated heterocycles. The first-order valence-electron chi connectivity index (χ1n) is 5.02. The Hall–Kier alpha value is -1.27. The lowest BCUT2D eigenvalue weighted by atomic mass is 10.3. The summed E-state index contributed by atoms with van der Waals surface area (Å²) in [6.45, 7) is 0. The van der Waals surface area contributed by atoms with Gasteiger partial charge < -0.3 is 0 Å². The van der Waals surface area contributed by atoms with Gasteiger partial charge >= 0.3 is 0 Å². The van der Waals surface area contributed by atoms with Crippen molar-refractivity contribution >= 4 is 34.1 Å². The molecule has 2 aromatic heterocycles. The summed E-state index contributed by atoms with van der Waals surface area (Å²) in [5, 5.41) is 6.71. The van der Waals surface area contributed by atoms with E-state index < -0.39 is 17.1 Å². The van der Waals surface area contributed by atoms with Crippen molar-refractivity contribution in [3.8, 4) is 0 Å². The molecular weight excluding hydrogens is 287 g/mol. The van der Waals surface area contributed by atoms with Gasteiger partial charge in [-0.1, -0.05) is 11.6 Å². The Balaban J connectivity index is 2.17. The zero-order chi connectivity index (χ0) is 13.1. The lowest BCUT2D eigenvalue weighted by Gasteiger charge is -2.02. The van der Waals surface area contributed by atoms with Crippen LogP contribution >= 0.6 is 23.2 Å². The third-order valence-corrected chi connectivity index (χ3v) is 3.47. The molecule has 1 saturated carbocycles. The maximum atomic E-state index is 13.0. The van der Waals surface area contributed by atoms with Gasteiger partial charge in [-0.25, -0.2) is 8.78 Å². The van der Waals surface area contributed by atoms with Crippen LogP contribution in [0.3, 0.4) is 0 Å². The minimum Gasteiger partial charge on any atom is -0.285 e. The first-order chi connectivity index (χ1) is 8.42. The maximum Gasteiger partial charge on any atom is 0.259 e. The van der Waals surface area contributed by atoms with Crippen molar-refractivity contribution in [2.45, 2.75) is 18.3 Å². The van der Waals surface area contributed by atoms with Gasteiger partial charge in [0.25, 0.3) is 11.2 Å². The van der Waals surface area contributed by atoms with Crippen LogP contribution in [0.15, 0.2) is 12.3 Å². The first-order valence-corrected chi connectivity index (χ1v) is 5.78. The average molecular weight is 292 g/mol. The fourth-order valence-corrected chi connectivity index (χ4v) is 2.31. The Labute approximate surface area is 110 Å². The van der Waals surface area contributed by atoms with E-state index >= 15 is 0 Å². The van der Waals surface area contributed by atoms with Crippen molar-refractivity contribution in [2.75, 3.05) is 0 Å². The van der Waals surface area contributed by atoms with E-state index in [9.17, 15) is 13.6 Å². The minimum atomic E-state index is -2.74. The lowest BCUT2D eigenvalue weighted by molar-refractivity contribution is 0.107. The highest BCUT2D eigenvalue weighted by molar-refractivity contribution is 6.69. The summed E-state index contributed by atoms with van der Waals surface area (Å²) in [7, 11) is 0. The minimum absolute atomic E-state index is 0.0141. The summed E-state index contributed by atoms with van der Waals surface area (Å²) >= 11 is 11.3. The molecule has 4 nitrogen and oxygen atoms in total. The number of alkyl halides is 2. The van der Waals surface area contributed by atoms with Crippen molar-refractivity contribution in [1.82, 2.24) is 14.6 Å². The van der Waals surface area contributed by atoms with Crippen LogP contribution in [-0.4, -0.2) is 25.8 Å². The van der Waals surface area contributed by atoms with E-state index in [0.717, 1.165) is 0 Å². The van der Waals surface area contributed by atoms with Crippen LogP contribution < -0.4 is 0 Å². The van der Waals surface area contributed by atoms with Gasteiger partial charge in [-0.15, -0.1) is 10.2 Å². The van der Waals surface area contributed by atoms with Gasteiger partial charge in [0, 0.05) is 12.6 Å². The summed E-state index contributed by atoms with van der Waals surface area (Å²) in [6, 6.07) is 1.36. The highest BCUT2D eigenvalue weighted by Crippen LogP contribution is 2.55. The van der Waals surface area contributed by atoms with Crippen molar-refractivity contribution in [1.29, 1.82) is 0 Å². The third kappa shape index (κ3) is 1.59. The van der Waals surface area contributed by atoms with Crippen LogP contribution in [0.1, 0.15) is 28.5 Å². The Morgan fingerprint density at radius 1 is 1.50 bits per heavy atom. The second-order valence-corrected chi connectivity index (χ2v) is 4.81. The standard InChI is InChI=1S/C10H5Cl2F2N3O/c11-6-4(7(12)18)1-2-17-8(15-16-9(6)17)5-3-10(5,13)14/h1-2,5H,3H2. The highest BCUT2D eigenvalue weighted by atomic mass is 35.5. The second-order valence-electron chi connectivity index (χ2n) is 4.09. The predicted molar refractivity (Wildman–Crippen MR) is 60.5 cm³/mol. The molecule has 2 heterocycles. The molecule has 0 bridgehead atoms. The van der Waals surface area contributed by atoms with Crippen LogP contribution in [-0.2, 0) is 0 Å². The molecule has 0 N–H and O–H groups in total. The number of fused-ring (bicyclic) bond motifs is 1. The van der Waals surface area contributed by atoms with Gasteiger partial charge in [0.2, 0.25) is 0 Å². The van der Waals surface area contributed by atoms with E-state index in [1.54, 1.807) is 0 Å². The van der Waals surface area contributed by atoms with Crippen molar-refractivity contribution in [2.24, 2.45) is 0 Å². The quantitative estimate of drug-likeness (QED) is 0.800. The number of rotatable bonds is 2. The highest BCUT2D eigenvalue weighted by Gasteiger charge is 2.60. The Morgan fingerprint density at radius 2 is 2.17 bits per heavy atom. The molecule has 8 heteroatoms. The first kappa shape index (κ1) is 11.8. The molecule has 1 aliphatic carbocycles. The maximum absolute atomic E-state index is 13.0. The number of carbonyl (C=O) groups is 1. The zero-order valence-corrected chi connectivity index (χ0v) is 10.2. The molecule has 18 heavy (non-hydrogen) atoms. The molecule has 94 valence electrons. The number of carbonyl (C=O) groups excluding carboxylic acids is 1. The number of hydrogen-bond donors (Lipinski definition) is 0. The van der Waals surface area contributed by atoms with E-state index in [2.05, 4.69) is 10.2 Å². The van der Waals surface area contributed by atoms with Crippen LogP contribution in [0.4, 0.5) is 8.78 Å². The molecule has 1 aliphatic rings. The third-order valence-electron chi connectivity index (χ3n) is 2.89. The molecule has 1 fully saturated rings. The number of aromatic nitrogens is 3. The Morgan fingerprint density at radius 3 is 2.72 bits per heavy atom. The molecule has 1 atom stereocenters. The fourth-order valence-electron chi connectivity index (χ4n) is 1.83. The van der Waals surface area contributed by atoms with Crippen molar-refractivity contribution in [3.05, 3.63) is 28.7 Å². The van der Waals surface area contributed by atoms with Crippen molar-refractivity contribution in [3.63, 3.8) is 0 Å². The SMILES string of the molecule is O=C(Cl)c1ccn2c(C3CC3(F)F)nnc2c1Cl. The normalized spacial score (nSPS) is 21.2.